The smallest absolute Gasteiger partial charge is 0.290 e. The first-order valence-corrected chi connectivity index (χ1v) is 10.00. The van der Waals surface area contributed by atoms with Gasteiger partial charge in [-0.25, -0.2) is 0 Å². The van der Waals surface area contributed by atoms with Crippen LogP contribution >= 0.6 is 0 Å². The molecule has 31 heavy (non-hydrogen) atoms. The monoisotopic (exact) mass is 421 g/mol. The zero-order valence-electron chi connectivity index (χ0n) is 17.5. The molecule has 0 saturated heterocycles. The molecule has 1 N–H and O–H groups in total. The highest BCUT2D eigenvalue weighted by Gasteiger charge is 2.45. The Hall–Kier alpha value is -3.74. The highest BCUT2D eigenvalue weighted by molar-refractivity contribution is 6.16. The molecule has 1 unspecified atom stereocenters. The fraction of sp³-hybridized carbons (Fsp3) is 0.250. The van der Waals surface area contributed by atoms with Crippen LogP contribution in [-0.2, 0) is 4.79 Å². The van der Waals surface area contributed by atoms with Crippen LogP contribution in [0.5, 0.6) is 11.5 Å². The van der Waals surface area contributed by atoms with Crippen LogP contribution in [0.15, 0.2) is 64.3 Å². The molecule has 4 rings (SSSR count). The predicted molar refractivity (Wildman–Crippen MR) is 114 cm³/mol. The Kier molecular flexibility index (Phi) is 5.42. The minimum atomic E-state index is -0.786. The number of para-hydroxylation sites is 2. The second-order valence-corrected chi connectivity index (χ2v) is 7.22. The first-order chi connectivity index (χ1) is 15.0. The number of rotatable bonds is 7. The summed E-state index contributed by atoms with van der Waals surface area (Å²) in [6.45, 7) is 2.30. The Labute approximate surface area is 179 Å². The summed E-state index contributed by atoms with van der Waals surface area (Å²) in [5.41, 5.74) is 1.02. The van der Waals surface area contributed by atoms with E-state index in [9.17, 15) is 14.7 Å². The molecule has 0 aliphatic carbocycles. The summed E-state index contributed by atoms with van der Waals surface area (Å²) in [6, 6.07) is 13.3. The molecule has 1 atom stereocenters. The van der Waals surface area contributed by atoms with Gasteiger partial charge in [0.2, 0.25) is 5.78 Å². The van der Waals surface area contributed by atoms with Crippen LogP contribution in [0.25, 0.3) is 11.0 Å². The minimum Gasteiger partial charge on any atom is -0.503 e. The number of ether oxygens (including phenoxy) is 2. The second-order valence-electron chi connectivity index (χ2n) is 7.22. The number of fused-ring (bicyclic) bond motifs is 1. The van der Waals surface area contributed by atoms with Crippen molar-refractivity contribution in [2.75, 3.05) is 20.8 Å². The maximum atomic E-state index is 13.5. The summed E-state index contributed by atoms with van der Waals surface area (Å²) in [6.07, 6.45) is 0.661. The quantitative estimate of drug-likeness (QED) is 0.568. The molecule has 0 spiro atoms. The third kappa shape index (κ3) is 3.32. The molecule has 0 bridgehead atoms. The number of aliphatic hydroxyl groups excluding tert-OH is 1. The fourth-order valence-corrected chi connectivity index (χ4v) is 4.01. The van der Waals surface area contributed by atoms with E-state index in [0.29, 0.717) is 41.0 Å². The summed E-state index contributed by atoms with van der Waals surface area (Å²) >= 11 is 0. The number of amides is 1. The topological polar surface area (TPSA) is 89.2 Å². The maximum absolute atomic E-state index is 13.5. The van der Waals surface area contributed by atoms with E-state index in [0.717, 1.165) is 0 Å². The van der Waals surface area contributed by atoms with Crippen LogP contribution in [0, 0.1) is 0 Å². The van der Waals surface area contributed by atoms with E-state index in [1.165, 1.54) is 19.1 Å². The van der Waals surface area contributed by atoms with Gasteiger partial charge in [0, 0.05) is 17.5 Å². The molecule has 0 fully saturated rings. The van der Waals surface area contributed by atoms with Crippen LogP contribution in [-0.4, -0.2) is 42.5 Å². The molecule has 7 heteroatoms. The standard InChI is InChI=1S/C24H23NO6/c1-4-12-25-20(15-9-5-6-10-16(15)29-2)19(22(27)24(25)28)21(26)18-13-14-8-7-11-17(30-3)23(14)31-18/h5-11,13,20,27H,4,12H2,1-3H3. The van der Waals surface area contributed by atoms with Crippen molar-refractivity contribution in [1.29, 1.82) is 0 Å². The van der Waals surface area contributed by atoms with E-state index >= 15 is 0 Å². The van der Waals surface area contributed by atoms with Gasteiger partial charge in [0.25, 0.3) is 5.91 Å². The molecular formula is C24H23NO6. The second kappa shape index (κ2) is 8.18. The molecule has 1 aliphatic heterocycles. The molecule has 2 heterocycles. The zero-order chi connectivity index (χ0) is 22.1. The number of nitrogens with zero attached hydrogens (tertiary/aromatic N) is 1. The highest BCUT2D eigenvalue weighted by Crippen LogP contribution is 2.43. The predicted octanol–water partition coefficient (Wildman–Crippen LogP) is 4.44. The van der Waals surface area contributed by atoms with Crippen molar-refractivity contribution in [2.45, 2.75) is 19.4 Å². The van der Waals surface area contributed by atoms with Gasteiger partial charge in [0.1, 0.15) is 5.75 Å². The van der Waals surface area contributed by atoms with E-state index in [1.807, 2.05) is 6.92 Å². The van der Waals surface area contributed by atoms with Crippen molar-refractivity contribution in [2.24, 2.45) is 0 Å². The fourth-order valence-electron chi connectivity index (χ4n) is 4.01. The number of furan rings is 1. The maximum Gasteiger partial charge on any atom is 0.290 e. The number of carbonyl (C=O) groups excluding carboxylic acids is 2. The number of hydrogen-bond acceptors (Lipinski definition) is 6. The van der Waals surface area contributed by atoms with Crippen molar-refractivity contribution >= 4 is 22.7 Å². The lowest BCUT2D eigenvalue weighted by Gasteiger charge is -2.27. The van der Waals surface area contributed by atoms with Crippen LogP contribution in [0.4, 0.5) is 0 Å². The molecule has 1 amide bonds. The average molecular weight is 421 g/mol. The number of Topliss-reactive ketones (excluding diaryl/α,β-unsaturated/α-hetero) is 1. The molecule has 0 radical (unpaired) electrons. The Morgan fingerprint density at radius 2 is 1.81 bits per heavy atom. The lowest BCUT2D eigenvalue weighted by atomic mass is 9.94. The van der Waals surface area contributed by atoms with Crippen molar-refractivity contribution < 1.29 is 28.6 Å². The number of methoxy groups -OCH3 is 2. The normalized spacial score (nSPS) is 16.3. The van der Waals surface area contributed by atoms with Crippen LogP contribution in [0.2, 0.25) is 0 Å². The lowest BCUT2D eigenvalue weighted by molar-refractivity contribution is -0.129. The summed E-state index contributed by atoms with van der Waals surface area (Å²) in [7, 11) is 3.04. The first kappa shape index (κ1) is 20.5. The van der Waals surface area contributed by atoms with Gasteiger partial charge in [0.15, 0.2) is 22.9 Å². The SMILES string of the molecule is CCCN1C(=O)C(O)=C(C(=O)c2cc3cccc(OC)c3o2)C1c1ccccc1OC. The largest absolute Gasteiger partial charge is 0.503 e. The number of aliphatic hydroxyl groups is 1. The van der Waals surface area contributed by atoms with E-state index < -0.39 is 23.5 Å². The molecule has 1 aliphatic rings. The van der Waals surface area contributed by atoms with E-state index in [2.05, 4.69) is 0 Å². The number of ketones is 1. The van der Waals surface area contributed by atoms with Gasteiger partial charge < -0.3 is 23.9 Å². The minimum absolute atomic E-state index is 0.0205. The van der Waals surface area contributed by atoms with E-state index in [1.54, 1.807) is 48.5 Å². The molecule has 160 valence electrons. The van der Waals surface area contributed by atoms with Crippen molar-refractivity contribution in [3.8, 4) is 11.5 Å². The molecular weight excluding hydrogens is 398 g/mol. The van der Waals surface area contributed by atoms with Crippen LogP contribution in [0.1, 0.15) is 35.5 Å². The van der Waals surface area contributed by atoms with Gasteiger partial charge in [-0.05, 0) is 24.6 Å². The Morgan fingerprint density at radius 3 is 2.52 bits per heavy atom. The van der Waals surface area contributed by atoms with Gasteiger partial charge in [-0.3, -0.25) is 9.59 Å². The lowest BCUT2D eigenvalue weighted by Crippen LogP contribution is -2.32. The third-order valence-electron chi connectivity index (χ3n) is 5.40. The third-order valence-corrected chi connectivity index (χ3v) is 5.40. The van der Waals surface area contributed by atoms with Gasteiger partial charge >= 0.3 is 0 Å². The average Bonchev–Trinajstić information content (AvgIpc) is 3.33. The van der Waals surface area contributed by atoms with Gasteiger partial charge in [-0.2, -0.15) is 0 Å². The number of carbonyl (C=O) groups is 2. The summed E-state index contributed by atoms with van der Waals surface area (Å²) < 4.78 is 16.6. The molecule has 3 aromatic rings. The van der Waals surface area contributed by atoms with Gasteiger partial charge in [0.05, 0.1) is 25.8 Å². The van der Waals surface area contributed by atoms with Crippen molar-refractivity contribution in [3.63, 3.8) is 0 Å². The molecule has 1 aromatic heterocycles. The number of hydrogen-bond donors (Lipinski definition) is 1. The summed E-state index contributed by atoms with van der Waals surface area (Å²) in [5, 5.41) is 11.4. The Balaban J connectivity index is 1.86. The summed E-state index contributed by atoms with van der Waals surface area (Å²) in [5.74, 6) is -0.680. The first-order valence-electron chi connectivity index (χ1n) is 10.00. The summed E-state index contributed by atoms with van der Waals surface area (Å²) in [4.78, 5) is 27.9. The number of benzene rings is 2. The van der Waals surface area contributed by atoms with E-state index in [4.69, 9.17) is 13.9 Å². The molecule has 7 nitrogen and oxygen atoms in total. The van der Waals surface area contributed by atoms with Crippen molar-refractivity contribution in [1.82, 2.24) is 4.90 Å². The Morgan fingerprint density at radius 1 is 1.10 bits per heavy atom. The molecule has 0 saturated carbocycles. The van der Waals surface area contributed by atoms with Crippen LogP contribution in [0.3, 0.4) is 0 Å². The highest BCUT2D eigenvalue weighted by atomic mass is 16.5. The van der Waals surface area contributed by atoms with Gasteiger partial charge in [-0.1, -0.05) is 37.3 Å². The molecule has 2 aromatic carbocycles. The van der Waals surface area contributed by atoms with Crippen LogP contribution < -0.4 is 9.47 Å². The zero-order valence-corrected chi connectivity index (χ0v) is 17.5. The van der Waals surface area contributed by atoms with E-state index in [-0.39, 0.29) is 11.3 Å². The Bertz CT molecular complexity index is 1190. The van der Waals surface area contributed by atoms with Gasteiger partial charge in [-0.15, -0.1) is 0 Å². The van der Waals surface area contributed by atoms with Crippen molar-refractivity contribution in [3.05, 3.63) is 71.2 Å².